The average molecular weight is 476 g/mol. The molecule has 0 aliphatic heterocycles. The molecule has 3 amide bonds. The summed E-state index contributed by atoms with van der Waals surface area (Å²) in [6.45, 7) is -1.46. The fourth-order valence-corrected chi connectivity index (χ4v) is 2.98. The van der Waals surface area contributed by atoms with E-state index in [0.717, 1.165) is 0 Å². The zero-order valence-corrected chi connectivity index (χ0v) is 18.2. The Kier molecular flexibility index (Phi) is 10.1. The molecule has 0 aliphatic carbocycles. The van der Waals surface area contributed by atoms with Crippen LogP contribution in [-0.4, -0.2) is 86.4 Å². The van der Waals surface area contributed by atoms with E-state index in [0.29, 0.717) is 11.3 Å². The minimum Gasteiger partial charge on any atom is -0.480 e. The highest BCUT2D eigenvalue weighted by Gasteiger charge is 2.30. The molecule has 9 N–H and O–H groups in total. The minimum absolute atomic E-state index is 0.0356. The second-order valence-electron chi connectivity index (χ2n) is 7.46. The van der Waals surface area contributed by atoms with E-state index in [1.807, 2.05) is 0 Å². The van der Waals surface area contributed by atoms with Gasteiger partial charge in [0.05, 0.1) is 19.5 Å². The molecule has 1 aromatic carbocycles. The number of hydrogen-bond donors (Lipinski definition) is 8. The predicted molar refractivity (Wildman–Crippen MR) is 118 cm³/mol. The fourth-order valence-electron chi connectivity index (χ4n) is 2.98. The summed E-state index contributed by atoms with van der Waals surface area (Å²) in [5.74, 6) is -3.84. The van der Waals surface area contributed by atoms with Gasteiger partial charge in [-0.2, -0.15) is 0 Å². The van der Waals surface area contributed by atoms with Gasteiger partial charge in [-0.1, -0.05) is 30.3 Å². The van der Waals surface area contributed by atoms with Crippen LogP contribution in [0.1, 0.15) is 11.3 Å². The maximum absolute atomic E-state index is 12.9. The quantitative estimate of drug-likeness (QED) is 0.148. The van der Waals surface area contributed by atoms with Gasteiger partial charge in [0, 0.05) is 24.7 Å². The lowest BCUT2D eigenvalue weighted by Crippen LogP contribution is -2.59. The molecular formula is C21H28N6O7. The first-order chi connectivity index (χ1) is 16.2. The summed E-state index contributed by atoms with van der Waals surface area (Å²) in [6.07, 6.45) is 2.70. The maximum Gasteiger partial charge on any atom is 0.326 e. The predicted octanol–water partition coefficient (Wildman–Crippen LogP) is -2.95. The second-order valence-corrected chi connectivity index (χ2v) is 7.46. The molecule has 2 aromatic rings. The molecule has 1 heterocycles. The highest BCUT2D eigenvalue weighted by Crippen LogP contribution is 2.05. The Hall–Kier alpha value is -3.81. The van der Waals surface area contributed by atoms with Crippen LogP contribution in [0, 0.1) is 0 Å². The molecule has 0 fully saturated rings. The average Bonchev–Trinajstić information content (AvgIpc) is 3.34. The number of aliphatic carboxylic acids is 1. The number of benzene rings is 1. The lowest BCUT2D eigenvalue weighted by Gasteiger charge is -2.24. The van der Waals surface area contributed by atoms with Crippen LogP contribution >= 0.6 is 0 Å². The monoisotopic (exact) mass is 476 g/mol. The summed E-state index contributed by atoms with van der Waals surface area (Å²) in [4.78, 5) is 55.7. The van der Waals surface area contributed by atoms with Crippen LogP contribution in [0.3, 0.4) is 0 Å². The van der Waals surface area contributed by atoms with Gasteiger partial charge in [0.15, 0.2) is 0 Å². The summed E-state index contributed by atoms with van der Waals surface area (Å²) in [5.41, 5.74) is 6.66. The number of imidazole rings is 1. The summed E-state index contributed by atoms with van der Waals surface area (Å²) in [5, 5.41) is 35.2. The van der Waals surface area contributed by atoms with Gasteiger partial charge in [0.1, 0.15) is 24.2 Å². The molecule has 0 radical (unpaired) electrons. The third-order valence-corrected chi connectivity index (χ3v) is 4.86. The standard InChI is InChI=1S/C21H28N6O7/c22-14(9-28)18(30)25-15(6-12-4-2-1-3-5-12)19(31)27-17(10-29)20(32)26-16(21(33)34)7-13-8-23-11-24-13/h1-5,8,11,14-17,28-29H,6-7,9-10,22H2,(H,23,24)(H,25,30)(H,26,32)(H,27,31)(H,33,34). The number of carbonyl (C=O) groups excluding carboxylic acids is 3. The van der Waals surface area contributed by atoms with Crippen molar-refractivity contribution < 1.29 is 34.5 Å². The summed E-state index contributed by atoms with van der Waals surface area (Å²) in [6, 6.07) is 3.41. The van der Waals surface area contributed by atoms with Gasteiger partial charge in [0.25, 0.3) is 0 Å². The first-order valence-electron chi connectivity index (χ1n) is 10.4. The van der Waals surface area contributed by atoms with Crippen molar-refractivity contribution in [1.29, 1.82) is 0 Å². The largest absolute Gasteiger partial charge is 0.480 e. The Morgan fingerprint density at radius 1 is 0.882 bits per heavy atom. The van der Waals surface area contributed by atoms with E-state index in [2.05, 4.69) is 25.9 Å². The molecule has 0 aliphatic rings. The zero-order valence-electron chi connectivity index (χ0n) is 18.2. The van der Waals surface area contributed by atoms with Crippen molar-refractivity contribution in [2.24, 2.45) is 5.73 Å². The van der Waals surface area contributed by atoms with Crippen molar-refractivity contribution in [1.82, 2.24) is 25.9 Å². The first kappa shape index (κ1) is 26.4. The van der Waals surface area contributed by atoms with Gasteiger partial charge in [0.2, 0.25) is 17.7 Å². The van der Waals surface area contributed by atoms with Gasteiger partial charge in [-0.15, -0.1) is 0 Å². The minimum atomic E-state index is -1.49. The van der Waals surface area contributed by atoms with Crippen molar-refractivity contribution in [3.63, 3.8) is 0 Å². The number of carboxylic acids is 1. The SMILES string of the molecule is NC(CO)C(=O)NC(Cc1ccccc1)C(=O)NC(CO)C(=O)NC(Cc1cnc[nH]1)C(=O)O. The van der Waals surface area contributed by atoms with E-state index in [1.165, 1.54) is 12.5 Å². The molecule has 13 heteroatoms. The van der Waals surface area contributed by atoms with Crippen LogP contribution in [0.25, 0.3) is 0 Å². The fraction of sp³-hybridized carbons (Fsp3) is 0.381. The number of aliphatic hydroxyl groups excluding tert-OH is 2. The van der Waals surface area contributed by atoms with Crippen molar-refractivity contribution in [3.8, 4) is 0 Å². The second kappa shape index (κ2) is 13.0. The molecule has 4 atom stereocenters. The third kappa shape index (κ3) is 7.95. The number of aromatic nitrogens is 2. The van der Waals surface area contributed by atoms with Crippen LogP contribution in [0.4, 0.5) is 0 Å². The summed E-state index contributed by atoms with van der Waals surface area (Å²) in [7, 11) is 0. The van der Waals surface area contributed by atoms with E-state index < -0.39 is 61.1 Å². The number of aromatic amines is 1. The van der Waals surface area contributed by atoms with E-state index in [4.69, 9.17) is 10.8 Å². The van der Waals surface area contributed by atoms with E-state index in [1.54, 1.807) is 30.3 Å². The molecule has 184 valence electrons. The maximum atomic E-state index is 12.9. The molecular weight excluding hydrogens is 448 g/mol. The molecule has 0 saturated carbocycles. The van der Waals surface area contributed by atoms with Crippen LogP contribution in [0.15, 0.2) is 42.9 Å². The van der Waals surface area contributed by atoms with Gasteiger partial charge in [-0.05, 0) is 5.56 Å². The Morgan fingerprint density at radius 2 is 1.50 bits per heavy atom. The number of nitrogens with zero attached hydrogens (tertiary/aromatic N) is 1. The highest BCUT2D eigenvalue weighted by atomic mass is 16.4. The molecule has 1 aromatic heterocycles. The number of rotatable bonds is 13. The summed E-state index contributed by atoms with van der Waals surface area (Å²) >= 11 is 0. The Bertz CT molecular complexity index is 954. The van der Waals surface area contributed by atoms with Crippen molar-refractivity contribution in [2.45, 2.75) is 37.0 Å². The molecule has 13 nitrogen and oxygen atoms in total. The highest BCUT2D eigenvalue weighted by molar-refractivity contribution is 5.94. The van der Waals surface area contributed by atoms with Crippen LogP contribution in [0.2, 0.25) is 0 Å². The first-order valence-corrected chi connectivity index (χ1v) is 10.4. The number of nitrogens with two attached hydrogens (primary N) is 1. The summed E-state index contributed by atoms with van der Waals surface area (Å²) < 4.78 is 0. The van der Waals surface area contributed by atoms with Crippen molar-refractivity contribution in [3.05, 3.63) is 54.1 Å². The molecule has 4 unspecified atom stereocenters. The van der Waals surface area contributed by atoms with Crippen LogP contribution in [0.5, 0.6) is 0 Å². The van der Waals surface area contributed by atoms with Gasteiger partial charge < -0.3 is 42.0 Å². The number of nitrogens with one attached hydrogen (secondary N) is 4. The van der Waals surface area contributed by atoms with Crippen molar-refractivity contribution in [2.75, 3.05) is 13.2 Å². The molecule has 0 bridgehead atoms. The number of hydrogen-bond acceptors (Lipinski definition) is 8. The number of carboxylic acid groups (broad SMARTS) is 1. The Morgan fingerprint density at radius 3 is 2.06 bits per heavy atom. The normalized spacial score (nSPS) is 14.3. The van der Waals surface area contributed by atoms with Gasteiger partial charge in [-0.25, -0.2) is 9.78 Å². The molecule has 0 saturated heterocycles. The van der Waals surface area contributed by atoms with Crippen LogP contribution in [-0.2, 0) is 32.0 Å². The smallest absolute Gasteiger partial charge is 0.326 e. The number of H-pyrrole nitrogens is 1. The number of aliphatic hydroxyl groups is 2. The molecule has 0 spiro atoms. The number of amides is 3. The molecule has 2 rings (SSSR count). The van der Waals surface area contributed by atoms with E-state index >= 15 is 0 Å². The van der Waals surface area contributed by atoms with Crippen LogP contribution < -0.4 is 21.7 Å². The van der Waals surface area contributed by atoms with E-state index in [9.17, 15) is 29.4 Å². The topological polar surface area (TPSA) is 220 Å². The van der Waals surface area contributed by atoms with E-state index in [-0.39, 0.29) is 12.8 Å². The Labute approximate surface area is 194 Å². The lowest BCUT2D eigenvalue weighted by molar-refractivity contribution is -0.142. The number of carbonyl (C=O) groups is 4. The lowest BCUT2D eigenvalue weighted by atomic mass is 10.0. The Balaban J connectivity index is 2.10. The van der Waals surface area contributed by atoms with Crippen molar-refractivity contribution >= 4 is 23.7 Å². The molecule has 34 heavy (non-hydrogen) atoms. The van der Waals surface area contributed by atoms with Gasteiger partial charge in [-0.3, -0.25) is 14.4 Å². The third-order valence-electron chi connectivity index (χ3n) is 4.86. The zero-order chi connectivity index (χ0) is 25.1. The van der Waals surface area contributed by atoms with Gasteiger partial charge >= 0.3 is 5.97 Å².